The van der Waals surface area contributed by atoms with Crippen LogP contribution in [0.3, 0.4) is 0 Å². The fourth-order valence-electron chi connectivity index (χ4n) is 5.53. The molecule has 3 aromatic rings. The number of aromatic amines is 1. The van der Waals surface area contributed by atoms with Crippen LogP contribution in [0, 0.1) is 6.92 Å². The first kappa shape index (κ1) is 24.4. The van der Waals surface area contributed by atoms with Crippen LogP contribution in [0.1, 0.15) is 72.7 Å². The van der Waals surface area contributed by atoms with Crippen LogP contribution in [0.4, 0.5) is 22.0 Å². The van der Waals surface area contributed by atoms with Gasteiger partial charge in [-0.1, -0.05) is 6.42 Å². The number of nitrogens with one attached hydrogen (secondary N) is 1. The molecule has 0 spiro atoms. The molecule has 0 radical (unpaired) electrons. The van der Waals surface area contributed by atoms with Crippen LogP contribution in [0.5, 0.6) is 0 Å². The Morgan fingerprint density at radius 2 is 1.86 bits per heavy atom. The SMILES string of the molecule is Cc1c(C2(C(F)(F)F)CCC2)nn(C2CCC(F)(F)CC2)c1-c1cc(=O)c2c(C(N)=O)nccc2[nH]1. The molecule has 192 valence electrons. The normalized spacial score (nSPS) is 19.8. The molecule has 3 N–H and O–H groups in total. The van der Waals surface area contributed by atoms with E-state index in [2.05, 4.69) is 15.1 Å². The van der Waals surface area contributed by atoms with Crippen molar-refractivity contribution in [2.45, 2.75) is 75.4 Å². The number of primary amides is 1. The molecule has 7 nitrogen and oxygen atoms in total. The number of nitrogens with zero attached hydrogens (tertiary/aromatic N) is 3. The maximum absolute atomic E-state index is 14.2. The van der Waals surface area contributed by atoms with Gasteiger partial charge in [0.2, 0.25) is 5.92 Å². The number of hydrogen-bond donors (Lipinski definition) is 2. The lowest BCUT2D eigenvalue weighted by molar-refractivity contribution is -0.214. The van der Waals surface area contributed by atoms with Crippen molar-refractivity contribution in [2.75, 3.05) is 0 Å². The Morgan fingerprint density at radius 3 is 2.42 bits per heavy atom. The van der Waals surface area contributed by atoms with Crippen LogP contribution in [0.15, 0.2) is 23.1 Å². The third kappa shape index (κ3) is 3.68. The second-order valence-corrected chi connectivity index (χ2v) is 9.78. The van der Waals surface area contributed by atoms with Gasteiger partial charge < -0.3 is 10.7 Å². The third-order valence-corrected chi connectivity index (χ3v) is 7.61. The minimum absolute atomic E-state index is 0.0349. The van der Waals surface area contributed by atoms with Crippen molar-refractivity contribution < 1.29 is 26.7 Å². The van der Waals surface area contributed by atoms with Gasteiger partial charge in [0, 0.05) is 30.7 Å². The summed E-state index contributed by atoms with van der Waals surface area (Å²) < 4.78 is 71.9. The van der Waals surface area contributed by atoms with Crippen LogP contribution < -0.4 is 11.2 Å². The summed E-state index contributed by atoms with van der Waals surface area (Å²) in [4.78, 5) is 31.7. The van der Waals surface area contributed by atoms with Crippen molar-refractivity contribution in [2.24, 2.45) is 5.73 Å². The predicted molar refractivity (Wildman–Crippen MR) is 121 cm³/mol. The van der Waals surface area contributed by atoms with Crippen LogP contribution in [0.25, 0.3) is 22.3 Å². The second-order valence-electron chi connectivity index (χ2n) is 9.78. The second kappa shape index (κ2) is 8.10. The zero-order valence-corrected chi connectivity index (χ0v) is 19.4. The zero-order chi connectivity index (χ0) is 26.0. The van der Waals surface area contributed by atoms with Crippen LogP contribution in [-0.2, 0) is 5.41 Å². The standard InChI is InChI=1S/C24H24F5N5O2/c1-12-19(15-11-16(35)17-14(32-15)5-10-31-18(17)21(30)36)34(13-3-8-23(25,26)9-4-13)33-20(12)22(6-2-7-22)24(27,28)29/h5,10-11,13H,2-4,6-9H2,1H3,(H2,30,36)(H,32,35). The molecule has 1 amide bonds. The van der Waals surface area contributed by atoms with Crippen molar-refractivity contribution in [3.05, 3.63) is 45.5 Å². The first-order valence-electron chi connectivity index (χ1n) is 11.7. The molecule has 2 fully saturated rings. The molecular formula is C24H24F5N5O2. The number of rotatable bonds is 4. The van der Waals surface area contributed by atoms with Gasteiger partial charge in [-0.2, -0.15) is 18.3 Å². The van der Waals surface area contributed by atoms with Crippen molar-refractivity contribution in [1.82, 2.24) is 19.7 Å². The number of amides is 1. The predicted octanol–water partition coefficient (Wildman–Crippen LogP) is 4.93. The van der Waals surface area contributed by atoms with Crippen LogP contribution in [0.2, 0.25) is 0 Å². The highest BCUT2D eigenvalue weighted by Crippen LogP contribution is 2.56. The molecule has 5 rings (SSSR count). The maximum Gasteiger partial charge on any atom is 0.400 e. The lowest BCUT2D eigenvalue weighted by Crippen LogP contribution is -2.48. The summed E-state index contributed by atoms with van der Waals surface area (Å²) in [5.41, 5.74) is 3.15. The summed E-state index contributed by atoms with van der Waals surface area (Å²) in [6.07, 6.45) is -3.82. The Morgan fingerprint density at radius 1 is 1.19 bits per heavy atom. The molecule has 0 aliphatic heterocycles. The highest BCUT2D eigenvalue weighted by molar-refractivity contribution is 6.03. The number of carbonyl (C=O) groups is 1. The number of fused-ring (bicyclic) bond motifs is 1. The Kier molecular flexibility index (Phi) is 5.49. The van der Waals surface area contributed by atoms with Gasteiger partial charge in [0.25, 0.3) is 5.91 Å². The quantitative estimate of drug-likeness (QED) is 0.487. The lowest BCUT2D eigenvalue weighted by atomic mass is 9.65. The highest BCUT2D eigenvalue weighted by Gasteiger charge is 2.61. The fraction of sp³-hybridized carbons (Fsp3) is 0.500. The van der Waals surface area contributed by atoms with Crippen molar-refractivity contribution in [3.8, 4) is 11.4 Å². The van der Waals surface area contributed by atoms with Crippen molar-refractivity contribution in [3.63, 3.8) is 0 Å². The Labute approximate surface area is 201 Å². The molecule has 0 atom stereocenters. The van der Waals surface area contributed by atoms with Crippen molar-refractivity contribution >= 4 is 16.8 Å². The molecule has 12 heteroatoms. The van der Waals surface area contributed by atoms with E-state index >= 15 is 0 Å². The number of pyridine rings is 2. The largest absolute Gasteiger partial charge is 0.400 e. The van der Waals surface area contributed by atoms with E-state index in [1.807, 2.05) is 0 Å². The van der Waals surface area contributed by atoms with Gasteiger partial charge in [0.05, 0.1) is 34.0 Å². The van der Waals surface area contributed by atoms with E-state index in [0.717, 1.165) is 0 Å². The zero-order valence-electron chi connectivity index (χ0n) is 19.4. The van der Waals surface area contributed by atoms with Gasteiger partial charge in [-0.3, -0.25) is 19.3 Å². The van der Waals surface area contributed by atoms with Gasteiger partial charge in [-0.05, 0) is 38.7 Å². The van der Waals surface area contributed by atoms with Crippen LogP contribution >= 0.6 is 0 Å². The van der Waals surface area contributed by atoms with E-state index in [1.54, 1.807) is 0 Å². The lowest BCUT2D eigenvalue weighted by Gasteiger charge is -2.42. The first-order valence-corrected chi connectivity index (χ1v) is 11.7. The summed E-state index contributed by atoms with van der Waals surface area (Å²) >= 11 is 0. The van der Waals surface area contributed by atoms with Gasteiger partial charge >= 0.3 is 6.18 Å². The minimum atomic E-state index is -4.54. The molecule has 3 aromatic heterocycles. The number of H-pyrrole nitrogens is 1. The van der Waals surface area contributed by atoms with Gasteiger partial charge in [-0.15, -0.1) is 0 Å². The van der Waals surface area contributed by atoms with E-state index in [0.29, 0.717) is 6.42 Å². The average Bonchev–Trinajstić information content (AvgIpc) is 3.08. The topological polar surface area (TPSA) is 107 Å². The molecular weight excluding hydrogens is 485 g/mol. The third-order valence-electron chi connectivity index (χ3n) is 7.61. The van der Waals surface area contributed by atoms with Gasteiger partial charge in [0.1, 0.15) is 11.1 Å². The van der Waals surface area contributed by atoms with E-state index in [1.165, 1.54) is 29.9 Å². The molecule has 0 bridgehead atoms. The number of hydrogen-bond acceptors (Lipinski definition) is 4. The molecule has 3 heterocycles. The Hall–Kier alpha value is -3.31. The minimum Gasteiger partial charge on any atom is -0.364 e. The average molecular weight is 509 g/mol. The summed E-state index contributed by atoms with van der Waals surface area (Å²) in [5.74, 6) is -3.74. The van der Waals surface area contributed by atoms with Gasteiger partial charge in [-0.25, -0.2) is 8.78 Å². The van der Waals surface area contributed by atoms with E-state index in [-0.39, 0.29) is 64.9 Å². The number of alkyl halides is 5. The molecule has 2 aliphatic carbocycles. The van der Waals surface area contributed by atoms with E-state index in [4.69, 9.17) is 5.73 Å². The van der Waals surface area contributed by atoms with E-state index in [9.17, 15) is 31.5 Å². The Bertz CT molecular complexity index is 1410. The monoisotopic (exact) mass is 509 g/mol. The maximum atomic E-state index is 14.2. The Balaban J connectivity index is 1.73. The summed E-state index contributed by atoms with van der Waals surface area (Å²) in [6.45, 7) is 1.52. The molecule has 36 heavy (non-hydrogen) atoms. The number of aromatic nitrogens is 4. The molecule has 0 saturated heterocycles. The molecule has 2 aliphatic rings. The van der Waals surface area contributed by atoms with Crippen molar-refractivity contribution in [1.29, 1.82) is 0 Å². The van der Waals surface area contributed by atoms with Gasteiger partial charge in [0.15, 0.2) is 5.43 Å². The first-order chi connectivity index (χ1) is 16.8. The number of halogens is 5. The molecule has 0 unspecified atom stereocenters. The molecule has 0 aromatic carbocycles. The van der Waals surface area contributed by atoms with E-state index < -0.39 is 47.7 Å². The smallest absolute Gasteiger partial charge is 0.364 e. The molecule has 2 saturated carbocycles. The summed E-state index contributed by atoms with van der Waals surface area (Å²) in [6, 6.07) is 2.06. The number of nitrogens with two attached hydrogens (primary N) is 1. The summed E-state index contributed by atoms with van der Waals surface area (Å²) in [5, 5.41) is 4.38. The summed E-state index contributed by atoms with van der Waals surface area (Å²) in [7, 11) is 0. The fourth-order valence-corrected chi connectivity index (χ4v) is 5.53. The highest BCUT2D eigenvalue weighted by atomic mass is 19.4. The number of carbonyl (C=O) groups excluding carboxylic acids is 1. The van der Waals surface area contributed by atoms with Crippen LogP contribution in [-0.4, -0.2) is 37.8 Å².